The first-order valence-electron chi connectivity index (χ1n) is 10.3. The molecule has 4 unspecified atom stereocenters. The fourth-order valence-corrected chi connectivity index (χ4v) is 7.86. The fraction of sp³-hybridized carbons (Fsp3) is 0.727. The highest BCUT2D eigenvalue weighted by atomic mass is 32.2. The SMILES string of the molecule is C[C@@H]1CC2C3CC(F)=C4CC(=O)C=CC4(C)[C@@]3(F)[C@@H](O)CC2(C)[C@@]1(O)C(=O)SCF. The highest BCUT2D eigenvalue weighted by molar-refractivity contribution is 8.13. The maximum Gasteiger partial charge on any atom is 0.223 e. The van der Waals surface area contributed by atoms with Gasteiger partial charge in [-0.1, -0.05) is 31.7 Å². The molecule has 4 aliphatic carbocycles. The molecular formula is C22H27F3O4S. The summed E-state index contributed by atoms with van der Waals surface area (Å²) in [6.07, 6.45) is 0.545. The molecular weight excluding hydrogens is 417 g/mol. The lowest BCUT2D eigenvalue weighted by Gasteiger charge is -2.62. The molecule has 0 aromatic carbocycles. The van der Waals surface area contributed by atoms with Crippen LogP contribution in [-0.2, 0) is 9.59 Å². The molecule has 0 bridgehead atoms. The van der Waals surface area contributed by atoms with Gasteiger partial charge in [-0.2, -0.15) is 0 Å². The van der Waals surface area contributed by atoms with Crippen LogP contribution in [0.25, 0.3) is 0 Å². The average Bonchev–Trinajstić information content (AvgIpc) is 2.88. The average molecular weight is 445 g/mol. The van der Waals surface area contributed by atoms with E-state index in [1.54, 1.807) is 13.8 Å². The molecule has 8 heteroatoms. The molecule has 0 spiro atoms. The van der Waals surface area contributed by atoms with Gasteiger partial charge in [0.15, 0.2) is 11.5 Å². The Hall–Kier alpha value is -1.12. The van der Waals surface area contributed by atoms with Crippen molar-refractivity contribution in [3.63, 3.8) is 0 Å². The second-order valence-corrected chi connectivity index (χ2v) is 10.7. The van der Waals surface area contributed by atoms with Crippen molar-refractivity contribution in [3.8, 4) is 0 Å². The van der Waals surface area contributed by atoms with Crippen molar-refractivity contribution in [1.29, 1.82) is 0 Å². The number of alkyl halides is 2. The largest absolute Gasteiger partial charge is 0.390 e. The van der Waals surface area contributed by atoms with E-state index in [2.05, 4.69) is 0 Å². The molecule has 2 N–H and O–H groups in total. The topological polar surface area (TPSA) is 74.6 Å². The number of ketones is 1. The van der Waals surface area contributed by atoms with E-state index in [0.717, 1.165) is 0 Å². The number of hydrogen-bond acceptors (Lipinski definition) is 5. The normalized spacial score (nSPS) is 50.2. The molecule has 4 aliphatic rings. The molecule has 0 aromatic rings. The summed E-state index contributed by atoms with van der Waals surface area (Å²) < 4.78 is 45.0. The van der Waals surface area contributed by atoms with E-state index in [0.29, 0.717) is 11.8 Å². The summed E-state index contributed by atoms with van der Waals surface area (Å²) >= 11 is 0.370. The highest BCUT2D eigenvalue weighted by Gasteiger charge is 2.76. The van der Waals surface area contributed by atoms with Crippen LogP contribution in [0.15, 0.2) is 23.6 Å². The summed E-state index contributed by atoms with van der Waals surface area (Å²) in [6, 6.07) is -0.995. The molecule has 0 radical (unpaired) electrons. The van der Waals surface area contributed by atoms with Gasteiger partial charge in [0.25, 0.3) is 0 Å². The molecule has 0 amide bonds. The number of aliphatic hydroxyl groups is 2. The van der Waals surface area contributed by atoms with Crippen molar-refractivity contribution < 1.29 is 33.0 Å². The summed E-state index contributed by atoms with van der Waals surface area (Å²) in [7, 11) is 0. The van der Waals surface area contributed by atoms with E-state index < -0.39 is 62.9 Å². The lowest BCUT2D eigenvalue weighted by atomic mass is 9.45. The second kappa shape index (κ2) is 6.69. The van der Waals surface area contributed by atoms with E-state index in [9.17, 15) is 24.2 Å². The summed E-state index contributed by atoms with van der Waals surface area (Å²) in [5, 5.41) is 21.9. The quantitative estimate of drug-likeness (QED) is 0.677. The van der Waals surface area contributed by atoms with E-state index in [1.807, 2.05) is 0 Å². The Morgan fingerprint density at radius 3 is 2.63 bits per heavy atom. The van der Waals surface area contributed by atoms with Crippen LogP contribution >= 0.6 is 11.8 Å². The van der Waals surface area contributed by atoms with Crippen molar-refractivity contribution in [2.24, 2.45) is 28.6 Å². The van der Waals surface area contributed by atoms with Gasteiger partial charge in [-0.05, 0) is 43.3 Å². The summed E-state index contributed by atoms with van der Waals surface area (Å²) in [4.78, 5) is 24.6. The van der Waals surface area contributed by atoms with Crippen LogP contribution < -0.4 is 0 Å². The van der Waals surface area contributed by atoms with Gasteiger partial charge in [0.05, 0.1) is 6.10 Å². The fourth-order valence-electron chi connectivity index (χ4n) is 7.11. The third-order valence-corrected chi connectivity index (χ3v) is 9.42. The monoisotopic (exact) mass is 444 g/mol. The van der Waals surface area contributed by atoms with Gasteiger partial charge >= 0.3 is 0 Å². The number of halogens is 3. The molecule has 166 valence electrons. The number of carbonyl (C=O) groups excluding carboxylic acids is 2. The Labute approximate surface area is 178 Å². The summed E-state index contributed by atoms with van der Waals surface area (Å²) in [5.74, 6) is -3.05. The van der Waals surface area contributed by atoms with Crippen LogP contribution in [-0.4, -0.2) is 44.5 Å². The van der Waals surface area contributed by atoms with Crippen molar-refractivity contribution in [2.45, 2.75) is 63.8 Å². The molecule has 4 nitrogen and oxygen atoms in total. The molecule has 0 aromatic heterocycles. The zero-order valence-electron chi connectivity index (χ0n) is 17.3. The Morgan fingerprint density at radius 1 is 1.33 bits per heavy atom. The van der Waals surface area contributed by atoms with Gasteiger partial charge in [0.1, 0.15) is 17.4 Å². The van der Waals surface area contributed by atoms with E-state index >= 15 is 8.78 Å². The van der Waals surface area contributed by atoms with Gasteiger partial charge in [-0.15, -0.1) is 0 Å². The first kappa shape index (κ1) is 22.1. The summed E-state index contributed by atoms with van der Waals surface area (Å²) in [6.45, 7) is 4.80. The van der Waals surface area contributed by atoms with Crippen LogP contribution in [0.2, 0.25) is 0 Å². The van der Waals surface area contributed by atoms with Crippen LogP contribution in [0.3, 0.4) is 0 Å². The first-order valence-corrected chi connectivity index (χ1v) is 11.3. The van der Waals surface area contributed by atoms with Crippen molar-refractivity contribution in [2.75, 3.05) is 6.01 Å². The lowest BCUT2D eigenvalue weighted by molar-refractivity contribution is -0.213. The maximum atomic E-state index is 16.9. The number of thioether (sulfide) groups is 1. The zero-order chi connectivity index (χ0) is 22.3. The van der Waals surface area contributed by atoms with Gasteiger partial charge in [-0.25, -0.2) is 13.2 Å². The smallest absolute Gasteiger partial charge is 0.223 e. The predicted molar refractivity (Wildman–Crippen MR) is 106 cm³/mol. The number of carbonyl (C=O) groups is 2. The minimum Gasteiger partial charge on any atom is -0.390 e. The van der Waals surface area contributed by atoms with E-state index in [-0.39, 0.29) is 37.0 Å². The molecule has 0 aliphatic heterocycles. The van der Waals surface area contributed by atoms with Crippen molar-refractivity contribution in [3.05, 3.63) is 23.6 Å². The molecule has 0 heterocycles. The second-order valence-electron chi connectivity index (χ2n) is 9.83. The Kier molecular flexibility index (Phi) is 4.92. The van der Waals surface area contributed by atoms with Gasteiger partial charge < -0.3 is 10.2 Å². The summed E-state index contributed by atoms with van der Waals surface area (Å²) in [5.41, 5.74) is -6.84. The van der Waals surface area contributed by atoms with Gasteiger partial charge in [0, 0.05) is 29.6 Å². The minimum absolute atomic E-state index is 0.0711. The standard InChI is InChI=1S/C22H27F3O4S/c1-11-6-13-14-8-16(24)15-7-12(26)4-5-19(15,2)21(14,25)17(27)9-20(13,3)22(11,29)18(28)30-10-23/h4-5,11,13-14,17,27,29H,6-10H2,1-3H3/t11-,13?,14?,17+,19?,20?,21+,22+/m1/s1. The van der Waals surface area contributed by atoms with Crippen LogP contribution in [0.5, 0.6) is 0 Å². The first-order chi connectivity index (χ1) is 13.9. The predicted octanol–water partition coefficient (Wildman–Crippen LogP) is 3.82. The molecule has 30 heavy (non-hydrogen) atoms. The number of allylic oxidation sites excluding steroid dienone is 4. The Morgan fingerprint density at radius 2 is 2.00 bits per heavy atom. The molecule has 2 saturated carbocycles. The maximum absolute atomic E-state index is 16.9. The number of hydrogen-bond donors (Lipinski definition) is 2. The van der Waals surface area contributed by atoms with Crippen LogP contribution in [0, 0.1) is 28.6 Å². The third-order valence-electron chi connectivity index (χ3n) is 8.74. The number of rotatable bonds is 2. The van der Waals surface area contributed by atoms with Crippen molar-refractivity contribution in [1.82, 2.24) is 0 Å². The van der Waals surface area contributed by atoms with Crippen LogP contribution in [0.1, 0.15) is 46.5 Å². The van der Waals surface area contributed by atoms with E-state index in [4.69, 9.17) is 0 Å². The molecule has 2 fully saturated rings. The van der Waals surface area contributed by atoms with E-state index in [1.165, 1.54) is 19.1 Å². The number of fused-ring (bicyclic) bond motifs is 5. The lowest BCUT2D eigenvalue weighted by Crippen LogP contribution is -2.69. The van der Waals surface area contributed by atoms with Crippen molar-refractivity contribution >= 4 is 22.7 Å². The number of aliphatic hydroxyl groups excluding tert-OH is 1. The molecule has 0 saturated heterocycles. The molecule has 4 rings (SSSR count). The Bertz CT molecular complexity index is 874. The zero-order valence-corrected chi connectivity index (χ0v) is 18.1. The highest BCUT2D eigenvalue weighted by Crippen LogP contribution is 2.71. The minimum atomic E-state index is -2.25. The Balaban J connectivity index is 1.86. The van der Waals surface area contributed by atoms with Gasteiger partial charge in [0.2, 0.25) is 5.12 Å². The third kappa shape index (κ3) is 2.39. The van der Waals surface area contributed by atoms with Gasteiger partial charge in [-0.3, -0.25) is 9.59 Å². The van der Waals surface area contributed by atoms with Crippen LogP contribution in [0.4, 0.5) is 13.2 Å². The molecule has 8 atom stereocenters.